The Labute approximate surface area is 91.8 Å². The van der Waals surface area contributed by atoms with E-state index in [0.29, 0.717) is 0 Å². The molecule has 9 heteroatoms. The molecule has 0 saturated carbocycles. The molecular formula is C7H11N3O5S. The van der Waals surface area contributed by atoms with Crippen LogP contribution in [0.25, 0.3) is 0 Å². The number of amides is 3. The zero-order chi connectivity index (χ0) is 12.3. The molecule has 1 aliphatic heterocycles. The lowest BCUT2D eigenvalue weighted by molar-refractivity contribution is -0.118. The highest BCUT2D eigenvalue weighted by Crippen LogP contribution is 2.07. The van der Waals surface area contributed by atoms with E-state index in [9.17, 15) is 18.0 Å². The van der Waals surface area contributed by atoms with Crippen LogP contribution in [0.2, 0.25) is 0 Å². The fraction of sp³-hybridized carbons (Fsp3) is 0.571. The Morgan fingerprint density at radius 1 is 1.50 bits per heavy atom. The van der Waals surface area contributed by atoms with E-state index in [2.05, 4.69) is 4.99 Å². The van der Waals surface area contributed by atoms with Gasteiger partial charge in [-0.15, -0.1) is 0 Å². The number of nitrogens with one attached hydrogen (secondary N) is 2. The van der Waals surface area contributed by atoms with Crippen molar-refractivity contribution in [2.45, 2.75) is 12.2 Å². The molecule has 0 radical (unpaired) electrons. The summed E-state index contributed by atoms with van der Waals surface area (Å²) in [6, 6.07) is -0.879. The number of urea groups is 1. The van der Waals surface area contributed by atoms with Gasteiger partial charge in [0.25, 0.3) is 5.91 Å². The standard InChI is InChI=1S/C7H11N3O5S/c1-4-5(6(12)10-7(13)9-4)16(14,15)8-2-3-11/h5,8,11H,2-3H2,1H3,(H,10,12,13). The summed E-state index contributed by atoms with van der Waals surface area (Å²) in [5.74, 6) is -0.942. The third-order valence-corrected chi connectivity index (χ3v) is 3.63. The smallest absolute Gasteiger partial charge is 0.347 e. The molecule has 0 aromatic carbocycles. The van der Waals surface area contributed by atoms with Crippen LogP contribution in [-0.4, -0.2) is 49.6 Å². The predicted molar refractivity (Wildman–Crippen MR) is 54.4 cm³/mol. The molecule has 0 bridgehead atoms. The van der Waals surface area contributed by atoms with Gasteiger partial charge in [-0.05, 0) is 6.92 Å². The normalized spacial score (nSPS) is 21.6. The number of rotatable bonds is 4. The number of hydrogen-bond acceptors (Lipinski definition) is 5. The van der Waals surface area contributed by atoms with Crippen LogP contribution >= 0.6 is 0 Å². The van der Waals surface area contributed by atoms with Gasteiger partial charge in [0.15, 0.2) is 5.25 Å². The summed E-state index contributed by atoms with van der Waals surface area (Å²) >= 11 is 0. The van der Waals surface area contributed by atoms with Crippen molar-refractivity contribution in [3.63, 3.8) is 0 Å². The van der Waals surface area contributed by atoms with Gasteiger partial charge in [-0.25, -0.2) is 22.9 Å². The van der Waals surface area contributed by atoms with E-state index in [1.54, 1.807) is 5.32 Å². The Bertz CT molecular complexity index is 441. The van der Waals surface area contributed by atoms with Crippen LogP contribution in [0.1, 0.15) is 6.92 Å². The van der Waals surface area contributed by atoms with Gasteiger partial charge < -0.3 is 5.11 Å². The van der Waals surface area contributed by atoms with E-state index in [4.69, 9.17) is 5.11 Å². The van der Waals surface area contributed by atoms with Crippen molar-refractivity contribution in [3.05, 3.63) is 0 Å². The lowest BCUT2D eigenvalue weighted by atomic mass is 10.2. The first kappa shape index (κ1) is 12.7. The summed E-state index contributed by atoms with van der Waals surface area (Å²) in [5, 5.41) is 8.75. The maximum atomic E-state index is 11.6. The zero-order valence-electron chi connectivity index (χ0n) is 8.43. The summed E-state index contributed by atoms with van der Waals surface area (Å²) in [6.45, 7) is 0.690. The Kier molecular flexibility index (Phi) is 3.73. The van der Waals surface area contributed by atoms with Crippen molar-refractivity contribution in [1.82, 2.24) is 10.0 Å². The number of sulfonamides is 1. The second kappa shape index (κ2) is 4.68. The van der Waals surface area contributed by atoms with E-state index in [1.165, 1.54) is 6.92 Å². The summed E-state index contributed by atoms with van der Waals surface area (Å²) in [7, 11) is -3.97. The molecule has 1 rings (SSSR count). The highest BCUT2D eigenvalue weighted by Gasteiger charge is 2.38. The van der Waals surface area contributed by atoms with Crippen molar-refractivity contribution in [2.75, 3.05) is 13.2 Å². The van der Waals surface area contributed by atoms with E-state index in [1.807, 2.05) is 4.72 Å². The number of nitrogens with zero attached hydrogens (tertiary/aromatic N) is 1. The van der Waals surface area contributed by atoms with Crippen LogP contribution in [0.4, 0.5) is 4.79 Å². The van der Waals surface area contributed by atoms with Crippen LogP contribution in [0.15, 0.2) is 4.99 Å². The molecule has 90 valence electrons. The molecule has 8 nitrogen and oxygen atoms in total. The second-order valence-corrected chi connectivity index (χ2v) is 4.94. The van der Waals surface area contributed by atoms with Crippen LogP contribution in [-0.2, 0) is 14.8 Å². The number of aliphatic imine (C=N–C) groups is 1. The van der Waals surface area contributed by atoms with Gasteiger partial charge in [0.05, 0.1) is 6.61 Å². The first-order valence-electron chi connectivity index (χ1n) is 4.38. The van der Waals surface area contributed by atoms with Gasteiger partial charge in [-0.3, -0.25) is 10.1 Å². The first-order chi connectivity index (χ1) is 7.38. The number of imide groups is 1. The minimum atomic E-state index is -3.97. The topological polar surface area (TPSA) is 125 Å². The van der Waals surface area contributed by atoms with Gasteiger partial charge in [0.2, 0.25) is 10.0 Å². The van der Waals surface area contributed by atoms with Crippen LogP contribution < -0.4 is 10.0 Å². The SMILES string of the molecule is CC1=NC(=O)NC(=O)C1S(=O)(=O)NCCO. The first-order valence-corrected chi connectivity index (χ1v) is 5.92. The van der Waals surface area contributed by atoms with E-state index < -0.39 is 27.2 Å². The molecule has 3 N–H and O–H groups in total. The molecular weight excluding hydrogens is 238 g/mol. The molecule has 1 atom stereocenters. The fourth-order valence-corrected chi connectivity index (χ4v) is 2.63. The van der Waals surface area contributed by atoms with Crippen LogP contribution in [0.3, 0.4) is 0 Å². The number of carbonyl (C=O) groups excluding carboxylic acids is 2. The van der Waals surface area contributed by atoms with Crippen molar-refractivity contribution < 1.29 is 23.1 Å². The Morgan fingerprint density at radius 3 is 2.62 bits per heavy atom. The molecule has 16 heavy (non-hydrogen) atoms. The van der Waals surface area contributed by atoms with Gasteiger partial charge >= 0.3 is 6.03 Å². The minimum absolute atomic E-state index is 0.0980. The van der Waals surface area contributed by atoms with Crippen molar-refractivity contribution in [1.29, 1.82) is 0 Å². The highest BCUT2D eigenvalue weighted by atomic mass is 32.2. The number of aliphatic hydroxyl groups excluding tert-OH is 1. The van der Waals surface area contributed by atoms with Crippen molar-refractivity contribution >= 4 is 27.7 Å². The van der Waals surface area contributed by atoms with Crippen LogP contribution in [0, 0.1) is 0 Å². The molecule has 1 unspecified atom stereocenters. The predicted octanol–water partition coefficient (Wildman–Crippen LogP) is -2.02. The molecule has 0 aromatic heterocycles. The Morgan fingerprint density at radius 2 is 2.12 bits per heavy atom. The maximum Gasteiger partial charge on any atom is 0.347 e. The molecule has 0 aliphatic carbocycles. The fourth-order valence-electron chi connectivity index (χ4n) is 1.24. The average Bonchev–Trinajstić information content (AvgIpc) is 2.12. The highest BCUT2D eigenvalue weighted by molar-refractivity contribution is 7.91. The van der Waals surface area contributed by atoms with Gasteiger partial charge in [-0.1, -0.05) is 0 Å². The third-order valence-electron chi connectivity index (χ3n) is 1.85. The van der Waals surface area contributed by atoms with Crippen molar-refractivity contribution in [3.8, 4) is 0 Å². The van der Waals surface area contributed by atoms with Crippen molar-refractivity contribution in [2.24, 2.45) is 4.99 Å². The number of carbonyl (C=O) groups is 2. The zero-order valence-corrected chi connectivity index (χ0v) is 9.24. The monoisotopic (exact) mass is 249 g/mol. The lowest BCUT2D eigenvalue weighted by Crippen LogP contribution is -2.53. The van der Waals surface area contributed by atoms with E-state index >= 15 is 0 Å². The molecule has 0 spiro atoms. The molecule has 0 aromatic rings. The Balaban J connectivity index is 2.99. The molecule has 0 fully saturated rings. The largest absolute Gasteiger partial charge is 0.395 e. The van der Waals surface area contributed by atoms with E-state index in [-0.39, 0.29) is 18.9 Å². The number of aliphatic hydroxyl groups is 1. The Hall–Kier alpha value is -1.32. The summed E-state index contributed by atoms with van der Waals surface area (Å²) in [5.41, 5.74) is -0.0980. The van der Waals surface area contributed by atoms with Gasteiger partial charge in [-0.2, -0.15) is 0 Å². The molecule has 1 heterocycles. The van der Waals surface area contributed by atoms with Gasteiger partial charge in [0, 0.05) is 12.3 Å². The second-order valence-electron chi connectivity index (χ2n) is 3.09. The van der Waals surface area contributed by atoms with E-state index in [0.717, 1.165) is 0 Å². The minimum Gasteiger partial charge on any atom is -0.395 e. The summed E-state index contributed by atoms with van der Waals surface area (Å²) in [6.07, 6.45) is 0. The molecule has 1 aliphatic rings. The molecule has 3 amide bonds. The molecule has 0 saturated heterocycles. The summed E-state index contributed by atoms with van der Waals surface area (Å²) in [4.78, 5) is 25.5. The summed E-state index contributed by atoms with van der Waals surface area (Å²) < 4.78 is 25.2. The third kappa shape index (κ3) is 2.62. The van der Waals surface area contributed by atoms with Crippen LogP contribution in [0.5, 0.6) is 0 Å². The number of hydrogen-bond donors (Lipinski definition) is 3. The van der Waals surface area contributed by atoms with Gasteiger partial charge in [0.1, 0.15) is 0 Å². The quantitative estimate of drug-likeness (QED) is 0.530. The average molecular weight is 249 g/mol. The lowest BCUT2D eigenvalue weighted by Gasteiger charge is -2.19. The maximum absolute atomic E-state index is 11.6.